The summed E-state index contributed by atoms with van der Waals surface area (Å²) in [6.07, 6.45) is 1.82. The molecule has 0 atom stereocenters. The fourth-order valence-electron chi connectivity index (χ4n) is 1.35. The van der Waals surface area contributed by atoms with E-state index in [4.69, 9.17) is 16.7 Å². The maximum atomic E-state index is 9.15. The number of anilines is 1. The lowest BCUT2D eigenvalue weighted by Gasteiger charge is -2.20. The Morgan fingerprint density at radius 1 is 1.57 bits per heavy atom. The van der Waals surface area contributed by atoms with Crippen molar-refractivity contribution in [3.63, 3.8) is 0 Å². The number of hydrogen-bond donors (Lipinski definition) is 1. The van der Waals surface area contributed by atoms with Gasteiger partial charge in [0.15, 0.2) is 0 Å². The minimum atomic E-state index is -0.00260. The van der Waals surface area contributed by atoms with Gasteiger partial charge in [-0.1, -0.05) is 17.7 Å². The van der Waals surface area contributed by atoms with E-state index in [0.29, 0.717) is 5.02 Å². The Morgan fingerprint density at radius 2 is 2.29 bits per heavy atom. The van der Waals surface area contributed by atoms with E-state index in [1.807, 2.05) is 30.2 Å². The third kappa shape index (κ3) is 2.50. The Labute approximate surface area is 89.4 Å². The second-order valence-corrected chi connectivity index (χ2v) is 3.54. The molecule has 0 aliphatic rings. The van der Waals surface area contributed by atoms with Crippen molar-refractivity contribution in [1.29, 1.82) is 0 Å². The van der Waals surface area contributed by atoms with Crippen LogP contribution in [0.15, 0.2) is 30.9 Å². The summed E-state index contributed by atoms with van der Waals surface area (Å²) in [6, 6.07) is 5.49. The van der Waals surface area contributed by atoms with Crippen molar-refractivity contribution in [3.8, 4) is 0 Å². The first-order valence-electron chi connectivity index (χ1n) is 4.40. The number of aliphatic hydroxyl groups is 1. The van der Waals surface area contributed by atoms with Crippen molar-refractivity contribution in [2.45, 2.75) is 6.61 Å². The molecular weight excluding hydrogens is 198 g/mol. The molecule has 0 radical (unpaired) electrons. The summed E-state index contributed by atoms with van der Waals surface area (Å²) in [5, 5.41) is 9.79. The normalized spacial score (nSPS) is 9.93. The van der Waals surface area contributed by atoms with Gasteiger partial charge in [0.2, 0.25) is 0 Å². The molecule has 1 rings (SSSR count). The van der Waals surface area contributed by atoms with Crippen LogP contribution in [0.1, 0.15) is 5.56 Å². The molecular formula is C11H14ClNO. The molecule has 0 aliphatic carbocycles. The van der Waals surface area contributed by atoms with Gasteiger partial charge in [0.25, 0.3) is 0 Å². The Bertz CT molecular complexity index is 325. The molecule has 1 N–H and O–H groups in total. The Hall–Kier alpha value is -0.990. The van der Waals surface area contributed by atoms with E-state index in [-0.39, 0.29) is 6.61 Å². The molecule has 0 aliphatic heterocycles. The zero-order valence-corrected chi connectivity index (χ0v) is 8.96. The summed E-state index contributed by atoms with van der Waals surface area (Å²) in [7, 11) is 1.95. The van der Waals surface area contributed by atoms with Crippen molar-refractivity contribution >= 4 is 17.3 Å². The van der Waals surface area contributed by atoms with Crippen LogP contribution in [0.25, 0.3) is 0 Å². The molecule has 3 heteroatoms. The SMILES string of the molecule is C=CCN(C)c1ccc(Cl)cc1CO. The van der Waals surface area contributed by atoms with Crippen LogP contribution >= 0.6 is 11.6 Å². The number of likely N-dealkylation sites (N-methyl/N-ethyl adjacent to an activating group) is 1. The lowest BCUT2D eigenvalue weighted by molar-refractivity contribution is 0.282. The molecule has 14 heavy (non-hydrogen) atoms. The van der Waals surface area contributed by atoms with Crippen LogP contribution in [0, 0.1) is 0 Å². The van der Waals surface area contributed by atoms with Gasteiger partial charge in [-0.05, 0) is 18.2 Å². The van der Waals surface area contributed by atoms with E-state index in [9.17, 15) is 0 Å². The van der Waals surface area contributed by atoms with Crippen molar-refractivity contribution in [3.05, 3.63) is 41.4 Å². The number of hydrogen-bond acceptors (Lipinski definition) is 2. The van der Waals surface area contributed by atoms with Crippen LogP contribution in [0.3, 0.4) is 0 Å². The van der Waals surface area contributed by atoms with Gasteiger partial charge in [0, 0.05) is 29.9 Å². The van der Waals surface area contributed by atoms with Gasteiger partial charge in [-0.3, -0.25) is 0 Å². The highest BCUT2D eigenvalue weighted by atomic mass is 35.5. The van der Waals surface area contributed by atoms with Gasteiger partial charge >= 0.3 is 0 Å². The molecule has 76 valence electrons. The summed E-state index contributed by atoms with van der Waals surface area (Å²) in [4.78, 5) is 2.01. The summed E-state index contributed by atoms with van der Waals surface area (Å²) in [5.41, 5.74) is 1.82. The van der Waals surface area contributed by atoms with Gasteiger partial charge in [0.1, 0.15) is 0 Å². The maximum Gasteiger partial charge on any atom is 0.0702 e. The standard InChI is InChI=1S/C11H14ClNO/c1-3-6-13(2)11-5-4-10(12)7-9(11)8-14/h3-5,7,14H,1,6,8H2,2H3. The van der Waals surface area contributed by atoms with E-state index >= 15 is 0 Å². The third-order valence-electron chi connectivity index (χ3n) is 2.03. The van der Waals surface area contributed by atoms with Gasteiger partial charge in [0.05, 0.1) is 6.61 Å². The van der Waals surface area contributed by atoms with Crippen molar-refractivity contribution in [2.75, 3.05) is 18.5 Å². The smallest absolute Gasteiger partial charge is 0.0702 e. The fourth-order valence-corrected chi connectivity index (χ4v) is 1.54. The van der Waals surface area contributed by atoms with Crippen LogP contribution < -0.4 is 4.90 Å². The minimum Gasteiger partial charge on any atom is -0.392 e. The predicted molar refractivity (Wildman–Crippen MR) is 60.8 cm³/mol. The number of aliphatic hydroxyl groups excluding tert-OH is 1. The topological polar surface area (TPSA) is 23.5 Å². The van der Waals surface area contributed by atoms with Crippen LogP contribution in [0.2, 0.25) is 5.02 Å². The van der Waals surface area contributed by atoms with Gasteiger partial charge in [-0.15, -0.1) is 6.58 Å². The summed E-state index contributed by atoms with van der Waals surface area (Å²) >= 11 is 5.83. The van der Waals surface area contributed by atoms with Crippen molar-refractivity contribution in [2.24, 2.45) is 0 Å². The van der Waals surface area contributed by atoms with Gasteiger partial charge in [-0.25, -0.2) is 0 Å². The zero-order chi connectivity index (χ0) is 10.6. The lowest BCUT2D eigenvalue weighted by Crippen LogP contribution is -2.18. The first kappa shape index (κ1) is 11.1. The second kappa shape index (κ2) is 5.03. The average molecular weight is 212 g/mol. The molecule has 0 spiro atoms. The molecule has 0 amide bonds. The first-order chi connectivity index (χ1) is 6.69. The van der Waals surface area contributed by atoms with Crippen LogP contribution in [0.5, 0.6) is 0 Å². The quantitative estimate of drug-likeness (QED) is 0.774. The number of benzene rings is 1. The monoisotopic (exact) mass is 211 g/mol. The minimum absolute atomic E-state index is 0.00260. The molecule has 1 aromatic rings. The first-order valence-corrected chi connectivity index (χ1v) is 4.78. The third-order valence-corrected chi connectivity index (χ3v) is 2.26. The molecule has 2 nitrogen and oxygen atoms in total. The van der Waals surface area contributed by atoms with E-state index in [1.165, 1.54) is 0 Å². The van der Waals surface area contributed by atoms with E-state index in [1.54, 1.807) is 6.07 Å². The Morgan fingerprint density at radius 3 is 2.86 bits per heavy atom. The molecule has 0 bridgehead atoms. The molecule has 0 heterocycles. The summed E-state index contributed by atoms with van der Waals surface area (Å²) < 4.78 is 0. The molecule has 0 fully saturated rings. The second-order valence-electron chi connectivity index (χ2n) is 3.10. The highest BCUT2D eigenvalue weighted by molar-refractivity contribution is 6.30. The van der Waals surface area contributed by atoms with Gasteiger partial charge < -0.3 is 10.0 Å². The van der Waals surface area contributed by atoms with E-state index < -0.39 is 0 Å². The molecule has 1 aromatic carbocycles. The average Bonchev–Trinajstić information content (AvgIpc) is 2.17. The number of rotatable bonds is 4. The van der Waals surface area contributed by atoms with Gasteiger partial charge in [-0.2, -0.15) is 0 Å². The Balaban J connectivity index is 3.00. The maximum absolute atomic E-state index is 9.15. The van der Waals surface area contributed by atoms with E-state index in [0.717, 1.165) is 17.8 Å². The summed E-state index contributed by atoms with van der Waals surface area (Å²) in [5.74, 6) is 0. The fraction of sp³-hybridized carbons (Fsp3) is 0.273. The zero-order valence-electron chi connectivity index (χ0n) is 8.20. The predicted octanol–water partition coefficient (Wildman–Crippen LogP) is 2.45. The van der Waals surface area contributed by atoms with Crippen molar-refractivity contribution in [1.82, 2.24) is 0 Å². The lowest BCUT2D eigenvalue weighted by atomic mass is 10.1. The Kier molecular flexibility index (Phi) is 3.98. The number of nitrogens with zero attached hydrogens (tertiary/aromatic N) is 1. The van der Waals surface area contributed by atoms with Crippen molar-refractivity contribution < 1.29 is 5.11 Å². The molecule has 0 unspecified atom stereocenters. The molecule has 0 saturated heterocycles. The molecule has 0 saturated carbocycles. The highest BCUT2D eigenvalue weighted by Gasteiger charge is 2.05. The van der Waals surface area contributed by atoms with Crippen LogP contribution in [-0.2, 0) is 6.61 Å². The van der Waals surface area contributed by atoms with Crippen LogP contribution in [-0.4, -0.2) is 18.7 Å². The number of halogens is 1. The largest absolute Gasteiger partial charge is 0.392 e. The highest BCUT2D eigenvalue weighted by Crippen LogP contribution is 2.23. The summed E-state index contributed by atoms with van der Waals surface area (Å²) in [6.45, 7) is 4.41. The van der Waals surface area contributed by atoms with Crippen LogP contribution in [0.4, 0.5) is 5.69 Å². The van der Waals surface area contributed by atoms with E-state index in [2.05, 4.69) is 6.58 Å². The molecule has 0 aromatic heterocycles.